The number of likely N-dealkylation sites (tertiary alicyclic amines) is 2. The van der Waals surface area contributed by atoms with E-state index in [4.69, 9.17) is 4.42 Å². The molecule has 0 aliphatic carbocycles. The van der Waals surface area contributed by atoms with Crippen molar-refractivity contribution in [3.63, 3.8) is 0 Å². The van der Waals surface area contributed by atoms with Gasteiger partial charge in [-0.1, -0.05) is 6.07 Å². The third-order valence-corrected chi connectivity index (χ3v) is 5.44. The van der Waals surface area contributed by atoms with Gasteiger partial charge in [-0.2, -0.15) is 0 Å². The minimum Gasteiger partial charge on any atom is -0.438 e. The Morgan fingerprint density at radius 2 is 2.08 bits per heavy atom. The number of piperidine rings is 2. The van der Waals surface area contributed by atoms with Crippen molar-refractivity contribution >= 4 is 5.91 Å². The molecule has 0 saturated carbocycles. The van der Waals surface area contributed by atoms with Crippen molar-refractivity contribution in [2.75, 3.05) is 26.2 Å². The van der Waals surface area contributed by atoms with Gasteiger partial charge in [-0.25, -0.2) is 4.98 Å². The van der Waals surface area contributed by atoms with Crippen LogP contribution in [-0.2, 0) is 6.54 Å². The van der Waals surface area contributed by atoms with Gasteiger partial charge in [0.25, 0.3) is 5.91 Å². The predicted octanol–water partition coefficient (Wildman–Crippen LogP) is 2.59. The average Bonchev–Trinajstić information content (AvgIpc) is 3.17. The van der Waals surface area contributed by atoms with Gasteiger partial charge in [-0.3, -0.25) is 14.7 Å². The van der Waals surface area contributed by atoms with Crippen LogP contribution >= 0.6 is 0 Å². The molecule has 0 aromatic carbocycles. The van der Waals surface area contributed by atoms with E-state index >= 15 is 0 Å². The quantitative estimate of drug-likeness (QED) is 0.859. The van der Waals surface area contributed by atoms with Crippen LogP contribution in [0.2, 0.25) is 0 Å². The van der Waals surface area contributed by atoms with Crippen molar-refractivity contribution in [1.82, 2.24) is 19.8 Å². The molecular weight excluding hydrogens is 316 g/mol. The van der Waals surface area contributed by atoms with Crippen molar-refractivity contribution in [2.45, 2.75) is 32.2 Å². The first-order valence-corrected chi connectivity index (χ1v) is 9.04. The molecule has 6 nitrogen and oxygen atoms in total. The van der Waals surface area contributed by atoms with E-state index in [0.717, 1.165) is 44.8 Å². The van der Waals surface area contributed by atoms with E-state index in [1.807, 2.05) is 23.2 Å². The minimum absolute atomic E-state index is 0.0292. The van der Waals surface area contributed by atoms with E-state index in [1.54, 1.807) is 0 Å². The summed E-state index contributed by atoms with van der Waals surface area (Å²) in [4.78, 5) is 25.4. The molecule has 2 aromatic rings. The van der Waals surface area contributed by atoms with E-state index in [9.17, 15) is 4.79 Å². The second-order valence-corrected chi connectivity index (χ2v) is 7.33. The van der Waals surface area contributed by atoms with Crippen molar-refractivity contribution in [2.24, 2.45) is 5.41 Å². The van der Waals surface area contributed by atoms with E-state index in [-0.39, 0.29) is 11.3 Å². The molecule has 132 valence electrons. The number of carbonyl (C=O) groups excluding carboxylic acids is 1. The van der Waals surface area contributed by atoms with Gasteiger partial charge < -0.3 is 9.32 Å². The van der Waals surface area contributed by atoms with Crippen molar-refractivity contribution < 1.29 is 9.21 Å². The second-order valence-electron chi connectivity index (χ2n) is 7.33. The molecule has 1 amide bonds. The lowest BCUT2D eigenvalue weighted by atomic mass is 9.73. The zero-order valence-electron chi connectivity index (χ0n) is 14.4. The normalized spacial score (nSPS) is 24.6. The highest BCUT2D eigenvalue weighted by Gasteiger charge is 2.40. The fourth-order valence-corrected chi connectivity index (χ4v) is 4.36. The fraction of sp³-hybridized carbons (Fsp3) is 0.526. The predicted molar refractivity (Wildman–Crippen MR) is 92.8 cm³/mol. The van der Waals surface area contributed by atoms with Crippen LogP contribution < -0.4 is 0 Å². The van der Waals surface area contributed by atoms with Gasteiger partial charge in [0, 0.05) is 37.8 Å². The third-order valence-electron chi connectivity index (χ3n) is 5.44. The number of hydrogen-bond acceptors (Lipinski definition) is 5. The second kappa shape index (κ2) is 6.96. The Morgan fingerprint density at radius 3 is 2.84 bits per heavy atom. The Kier molecular flexibility index (Phi) is 4.53. The maximum absolute atomic E-state index is 12.6. The van der Waals surface area contributed by atoms with Gasteiger partial charge in [-0.15, -0.1) is 0 Å². The largest absolute Gasteiger partial charge is 0.438 e. The maximum atomic E-state index is 12.6. The number of rotatable bonds is 3. The maximum Gasteiger partial charge on any atom is 0.291 e. The summed E-state index contributed by atoms with van der Waals surface area (Å²) in [5, 5.41) is 0. The Labute approximate surface area is 147 Å². The molecule has 2 saturated heterocycles. The number of oxazole rings is 1. The molecular formula is C19H24N4O2. The van der Waals surface area contributed by atoms with Gasteiger partial charge >= 0.3 is 0 Å². The smallest absolute Gasteiger partial charge is 0.291 e. The molecule has 0 N–H and O–H groups in total. The van der Waals surface area contributed by atoms with Crippen molar-refractivity contribution in [3.05, 3.63) is 48.4 Å². The molecule has 1 atom stereocenters. The summed E-state index contributed by atoms with van der Waals surface area (Å²) in [5.41, 5.74) is 1.31. The summed E-state index contributed by atoms with van der Waals surface area (Å²) >= 11 is 0. The summed E-state index contributed by atoms with van der Waals surface area (Å²) in [5.74, 6) is 0.316. The van der Waals surface area contributed by atoms with Crippen LogP contribution in [0.1, 0.15) is 41.9 Å². The highest BCUT2D eigenvalue weighted by Crippen LogP contribution is 2.39. The third kappa shape index (κ3) is 3.58. The highest BCUT2D eigenvalue weighted by atomic mass is 16.3. The molecule has 4 rings (SSSR count). The Bertz CT molecular complexity index is 699. The van der Waals surface area contributed by atoms with Crippen LogP contribution in [0.3, 0.4) is 0 Å². The summed E-state index contributed by atoms with van der Waals surface area (Å²) < 4.78 is 5.20. The summed E-state index contributed by atoms with van der Waals surface area (Å²) in [7, 11) is 0. The van der Waals surface area contributed by atoms with E-state index in [2.05, 4.69) is 20.9 Å². The molecule has 2 fully saturated rings. The first-order chi connectivity index (χ1) is 12.2. The fourth-order valence-electron chi connectivity index (χ4n) is 4.36. The summed E-state index contributed by atoms with van der Waals surface area (Å²) in [6.07, 6.45) is 9.29. The summed E-state index contributed by atoms with van der Waals surface area (Å²) in [6, 6.07) is 6.08. The van der Waals surface area contributed by atoms with E-state index in [0.29, 0.717) is 5.76 Å². The van der Waals surface area contributed by atoms with Gasteiger partial charge in [0.1, 0.15) is 0 Å². The zero-order valence-corrected chi connectivity index (χ0v) is 14.4. The molecule has 1 unspecified atom stereocenters. The Balaban J connectivity index is 1.44. The lowest BCUT2D eigenvalue weighted by molar-refractivity contribution is 0.00967. The number of amides is 1. The molecule has 0 bridgehead atoms. The van der Waals surface area contributed by atoms with Gasteiger partial charge in [-0.05, 0) is 44.4 Å². The molecule has 2 aliphatic rings. The van der Waals surface area contributed by atoms with Crippen LogP contribution in [0.15, 0.2) is 41.4 Å². The molecule has 6 heteroatoms. The highest BCUT2D eigenvalue weighted by molar-refractivity contribution is 5.91. The van der Waals surface area contributed by atoms with Gasteiger partial charge in [0.15, 0.2) is 6.39 Å². The standard InChI is InChI=1S/C19H24N4O2/c24-18(17-11-20-15-25-17)23-10-4-7-19(14-23)6-3-9-22(13-19)12-16-5-1-2-8-21-16/h1-2,5,8,11,15H,3-4,6-7,9-10,12-14H2. The molecule has 2 aromatic heterocycles. The first kappa shape index (κ1) is 16.3. The van der Waals surface area contributed by atoms with Gasteiger partial charge in [0.2, 0.25) is 5.76 Å². The molecule has 25 heavy (non-hydrogen) atoms. The van der Waals surface area contributed by atoms with Crippen LogP contribution in [0.4, 0.5) is 0 Å². The Morgan fingerprint density at radius 1 is 1.20 bits per heavy atom. The summed E-state index contributed by atoms with van der Waals surface area (Å²) in [6.45, 7) is 4.64. The van der Waals surface area contributed by atoms with Gasteiger partial charge in [0.05, 0.1) is 11.9 Å². The monoisotopic (exact) mass is 340 g/mol. The number of hydrogen-bond donors (Lipinski definition) is 0. The lowest BCUT2D eigenvalue weighted by Crippen LogP contribution is -2.53. The average molecular weight is 340 g/mol. The lowest BCUT2D eigenvalue weighted by Gasteiger charge is -2.48. The number of aromatic nitrogens is 2. The molecule has 1 spiro atoms. The topological polar surface area (TPSA) is 62.5 Å². The van der Waals surface area contributed by atoms with Crippen LogP contribution in [-0.4, -0.2) is 51.9 Å². The molecule has 0 radical (unpaired) electrons. The molecule has 2 aliphatic heterocycles. The number of pyridine rings is 1. The first-order valence-electron chi connectivity index (χ1n) is 9.04. The molecule has 4 heterocycles. The van der Waals surface area contributed by atoms with Crippen LogP contribution in [0, 0.1) is 5.41 Å². The van der Waals surface area contributed by atoms with E-state index in [1.165, 1.54) is 31.9 Å². The van der Waals surface area contributed by atoms with E-state index < -0.39 is 0 Å². The SMILES string of the molecule is O=C(c1cnco1)N1CCCC2(CCCN(Cc3ccccn3)C2)C1. The minimum atomic E-state index is -0.0292. The van der Waals surface area contributed by atoms with Crippen LogP contribution in [0.5, 0.6) is 0 Å². The Hall–Kier alpha value is -2.21. The zero-order chi connectivity index (χ0) is 17.1. The number of carbonyl (C=O) groups is 1. The van der Waals surface area contributed by atoms with Crippen molar-refractivity contribution in [1.29, 1.82) is 0 Å². The van der Waals surface area contributed by atoms with Crippen molar-refractivity contribution in [3.8, 4) is 0 Å². The number of nitrogens with zero attached hydrogens (tertiary/aromatic N) is 4. The van der Waals surface area contributed by atoms with Crippen LogP contribution in [0.25, 0.3) is 0 Å².